The normalized spacial score (nSPS) is 10.3. The highest BCUT2D eigenvalue weighted by atomic mass is 127. The molecule has 0 N–H and O–H groups in total. The van der Waals surface area contributed by atoms with Crippen LogP contribution in [0.2, 0.25) is 0 Å². The summed E-state index contributed by atoms with van der Waals surface area (Å²) in [5.41, 5.74) is 1.22. The van der Waals surface area contributed by atoms with Gasteiger partial charge in [0.15, 0.2) is 0 Å². The van der Waals surface area contributed by atoms with E-state index in [9.17, 15) is 0 Å². The first-order valence-electron chi connectivity index (χ1n) is 6.97. The molecule has 0 amide bonds. The van der Waals surface area contributed by atoms with Crippen LogP contribution in [-0.2, 0) is 0 Å². The van der Waals surface area contributed by atoms with Crippen molar-refractivity contribution < 1.29 is 9.47 Å². The summed E-state index contributed by atoms with van der Waals surface area (Å²) in [6.07, 6.45) is 0. The van der Waals surface area contributed by atoms with Crippen LogP contribution >= 0.6 is 22.6 Å². The van der Waals surface area contributed by atoms with Gasteiger partial charge in [-0.1, -0.05) is 17.7 Å². The summed E-state index contributed by atoms with van der Waals surface area (Å²) in [6.45, 7) is 2.06. The van der Waals surface area contributed by atoms with Crippen LogP contribution < -0.4 is 9.47 Å². The predicted octanol–water partition coefficient (Wildman–Crippen LogP) is 6.18. The van der Waals surface area contributed by atoms with E-state index in [0.29, 0.717) is 0 Å². The van der Waals surface area contributed by atoms with E-state index in [0.717, 1.165) is 23.0 Å². The van der Waals surface area contributed by atoms with E-state index < -0.39 is 0 Å². The molecule has 0 atom stereocenters. The van der Waals surface area contributed by atoms with Crippen molar-refractivity contribution in [3.8, 4) is 23.0 Å². The maximum atomic E-state index is 5.80. The van der Waals surface area contributed by atoms with Crippen LogP contribution in [0.1, 0.15) is 5.56 Å². The number of hydrogen-bond acceptors (Lipinski definition) is 2. The van der Waals surface area contributed by atoms with Gasteiger partial charge in [0.05, 0.1) is 0 Å². The van der Waals surface area contributed by atoms with Crippen molar-refractivity contribution in [3.63, 3.8) is 0 Å². The fourth-order valence-electron chi connectivity index (χ4n) is 1.96. The van der Waals surface area contributed by atoms with E-state index in [1.54, 1.807) is 0 Å². The molecule has 0 spiro atoms. The van der Waals surface area contributed by atoms with Gasteiger partial charge in [-0.3, -0.25) is 0 Å². The van der Waals surface area contributed by atoms with Crippen LogP contribution in [0.3, 0.4) is 0 Å². The van der Waals surface area contributed by atoms with Gasteiger partial charge in [-0.25, -0.2) is 0 Å². The maximum Gasteiger partial charge on any atom is 0.127 e. The predicted molar refractivity (Wildman–Crippen MR) is 96.9 cm³/mol. The second-order valence-corrected chi connectivity index (χ2v) is 6.19. The molecule has 0 aromatic heterocycles. The van der Waals surface area contributed by atoms with Gasteiger partial charge in [0.2, 0.25) is 0 Å². The van der Waals surface area contributed by atoms with E-state index in [-0.39, 0.29) is 0 Å². The molecule has 0 aliphatic heterocycles. The molecule has 22 heavy (non-hydrogen) atoms. The molecule has 0 unspecified atom stereocenters. The number of hydrogen-bond donors (Lipinski definition) is 0. The Labute approximate surface area is 143 Å². The minimum atomic E-state index is 0.789. The molecule has 0 radical (unpaired) electrons. The summed E-state index contributed by atoms with van der Waals surface area (Å²) >= 11 is 2.27. The van der Waals surface area contributed by atoms with E-state index >= 15 is 0 Å². The summed E-state index contributed by atoms with van der Waals surface area (Å²) in [7, 11) is 0. The molecule has 0 saturated carbocycles. The average molecular weight is 402 g/mol. The molecule has 3 heteroatoms. The standard InChI is InChI=1S/C19H15IO2/c1-14-2-6-16(7-3-14)21-18-10-12-19(13-11-18)22-17-8-4-15(20)5-9-17/h2-13H,1H3. The average Bonchev–Trinajstić information content (AvgIpc) is 2.54. The first-order valence-corrected chi connectivity index (χ1v) is 8.05. The minimum Gasteiger partial charge on any atom is -0.457 e. The SMILES string of the molecule is Cc1ccc(Oc2ccc(Oc3ccc(I)cc3)cc2)cc1. The third-order valence-corrected chi connectivity index (χ3v) is 3.85. The van der Waals surface area contributed by atoms with Crippen molar-refractivity contribution >= 4 is 22.6 Å². The maximum absolute atomic E-state index is 5.80. The van der Waals surface area contributed by atoms with Crippen molar-refractivity contribution in [2.24, 2.45) is 0 Å². The monoisotopic (exact) mass is 402 g/mol. The van der Waals surface area contributed by atoms with Crippen molar-refractivity contribution in [1.29, 1.82) is 0 Å². The number of rotatable bonds is 4. The molecule has 110 valence electrons. The lowest BCUT2D eigenvalue weighted by molar-refractivity contribution is 0.469. The minimum absolute atomic E-state index is 0.789. The van der Waals surface area contributed by atoms with E-state index in [2.05, 4.69) is 29.5 Å². The Morgan fingerprint density at radius 3 is 1.27 bits per heavy atom. The van der Waals surface area contributed by atoms with Gasteiger partial charge in [-0.05, 0) is 90.2 Å². The second-order valence-electron chi connectivity index (χ2n) is 4.94. The molecule has 2 nitrogen and oxygen atoms in total. The molecule has 0 fully saturated rings. The Morgan fingerprint density at radius 2 is 0.864 bits per heavy atom. The van der Waals surface area contributed by atoms with E-state index in [1.807, 2.05) is 72.8 Å². The molecule has 3 rings (SSSR count). The van der Waals surface area contributed by atoms with Crippen molar-refractivity contribution in [2.75, 3.05) is 0 Å². The lowest BCUT2D eigenvalue weighted by Gasteiger charge is -2.08. The van der Waals surface area contributed by atoms with Crippen LogP contribution in [0.15, 0.2) is 72.8 Å². The van der Waals surface area contributed by atoms with Crippen molar-refractivity contribution in [1.82, 2.24) is 0 Å². The van der Waals surface area contributed by atoms with Gasteiger partial charge in [0.25, 0.3) is 0 Å². The summed E-state index contributed by atoms with van der Waals surface area (Å²) in [4.78, 5) is 0. The summed E-state index contributed by atoms with van der Waals surface area (Å²) in [5.74, 6) is 3.24. The number of ether oxygens (including phenoxy) is 2. The Hall–Kier alpha value is -2.01. The second kappa shape index (κ2) is 6.83. The smallest absolute Gasteiger partial charge is 0.127 e. The van der Waals surface area contributed by atoms with E-state index in [4.69, 9.17) is 9.47 Å². The molecule has 0 aliphatic rings. The molecule has 0 aliphatic carbocycles. The molecule has 3 aromatic carbocycles. The Balaban J connectivity index is 1.67. The Kier molecular flexibility index (Phi) is 4.63. The highest BCUT2D eigenvalue weighted by Crippen LogP contribution is 2.27. The van der Waals surface area contributed by atoms with Crippen LogP contribution in [0.5, 0.6) is 23.0 Å². The summed E-state index contributed by atoms with van der Waals surface area (Å²) in [5, 5.41) is 0. The van der Waals surface area contributed by atoms with Crippen LogP contribution in [-0.4, -0.2) is 0 Å². The lowest BCUT2D eigenvalue weighted by atomic mass is 10.2. The Bertz CT molecular complexity index is 665. The highest BCUT2D eigenvalue weighted by molar-refractivity contribution is 14.1. The van der Waals surface area contributed by atoms with Crippen molar-refractivity contribution in [3.05, 3.63) is 81.9 Å². The molecule has 0 heterocycles. The first kappa shape index (κ1) is 14.9. The van der Waals surface area contributed by atoms with Gasteiger partial charge < -0.3 is 9.47 Å². The fourth-order valence-corrected chi connectivity index (χ4v) is 2.32. The zero-order valence-corrected chi connectivity index (χ0v) is 14.3. The number of aryl methyl sites for hydroxylation is 1. The number of benzene rings is 3. The quantitative estimate of drug-likeness (QED) is 0.485. The van der Waals surface area contributed by atoms with Crippen LogP contribution in [0, 0.1) is 10.5 Å². The lowest BCUT2D eigenvalue weighted by Crippen LogP contribution is -1.86. The molecule has 0 bridgehead atoms. The third-order valence-electron chi connectivity index (χ3n) is 3.13. The zero-order chi connectivity index (χ0) is 15.4. The number of halogens is 1. The van der Waals surface area contributed by atoms with Gasteiger partial charge in [0.1, 0.15) is 23.0 Å². The largest absolute Gasteiger partial charge is 0.457 e. The van der Waals surface area contributed by atoms with Gasteiger partial charge in [-0.15, -0.1) is 0 Å². The summed E-state index contributed by atoms with van der Waals surface area (Å²) in [6, 6.07) is 23.6. The van der Waals surface area contributed by atoms with Crippen molar-refractivity contribution in [2.45, 2.75) is 6.92 Å². The van der Waals surface area contributed by atoms with Gasteiger partial charge >= 0.3 is 0 Å². The Morgan fingerprint density at radius 1 is 0.545 bits per heavy atom. The highest BCUT2D eigenvalue weighted by Gasteiger charge is 2.00. The topological polar surface area (TPSA) is 18.5 Å². The van der Waals surface area contributed by atoms with Crippen LogP contribution in [0.25, 0.3) is 0 Å². The molecular weight excluding hydrogens is 387 g/mol. The first-order chi connectivity index (χ1) is 10.7. The summed E-state index contributed by atoms with van der Waals surface area (Å²) < 4.78 is 12.8. The molecule has 0 saturated heterocycles. The third kappa shape index (κ3) is 4.01. The molecular formula is C19H15IO2. The van der Waals surface area contributed by atoms with Crippen LogP contribution in [0.4, 0.5) is 0 Å². The molecule has 3 aromatic rings. The van der Waals surface area contributed by atoms with E-state index in [1.165, 1.54) is 9.13 Å². The zero-order valence-electron chi connectivity index (χ0n) is 12.1. The fraction of sp³-hybridized carbons (Fsp3) is 0.0526. The van der Waals surface area contributed by atoms with Gasteiger partial charge in [0, 0.05) is 3.57 Å². The van der Waals surface area contributed by atoms with Gasteiger partial charge in [-0.2, -0.15) is 0 Å².